The first-order valence-electron chi connectivity index (χ1n) is 3.13. The Morgan fingerprint density at radius 2 is 2.40 bits per heavy atom. The molecule has 0 spiro atoms. The average molecular weight is 138 g/mol. The van der Waals surface area contributed by atoms with Gasteiger partial charge in [-0.05, 0) is 0 Å². The number of nitrogens with zero attached hydrogens (tertiary/aromatic N) is 2. The molecule has 0 aromatic carbocycles. The third kappa shape index (κ3) is 1.99. The smallest absolute Gasteiger partial charge is 0.144 e. The number of rotatable bonds is 3. The normalized spacial score (nSPS) is 9.30. The summed E-state index contributed by atoms with van der Waals surface area (Å²) in [6.45, 7) is 1.34. The zero-order valence-corrected chi connectivity index (χ0v) is 5.62. The van der Waals surface area contributed by atoms with E-state index in [1.165, 1.54) is 0 Å². The van der Waals surface area contributed by atoms with Crippen LogP contribution >= 0.6 is 0 Å². The van der Waals surface area contributed by atoms with Crippen LogP contribution in [0.15, 0.2) is 18.6 Å². The summed E-state index contributed by atoms with van der Waals surface area (Å²) in [6, 6.07) is 0. The number of nitrogens with two attached hydrogens (primary N) is 1. The van der Waals surface area contributed by atoms with Crippen molar-refractivity contribution in [1.29, 1.82) is 0 Å². The molecule has 0 atom stereocenters. The largest absolute Gasteiger partial charge is 0.368 e. The van der Waals surface area contributed by atoms with Gasteiger partial charge in [-0.1, -0.05) is 0 Å². The van der Waals surface area contributed by atoms with Gasteiger partial charge in [-0.2, -0.15) is 0 Å². The minimum Gasteiger partial charge on any atom is -0.368 e. The molecule has 0 bridgehead atoms. The number of anilines is 1. The van der Waals surface area contributed by atoms with Crippen molar-refractivity contribution < 1.29 is 0 Å². The average Bonchev–Trinajstić information content (AvgIpc) is 2.03. The van der Waals surface area contributed by atoms with Crippen molar-refractivity contribution in [3.63, 3.8) is 0 Å². The van der Waals surface area contributed by atoms with E-state index in [0.717, 1.165) is 12.4 Å². The van der Waals surface area contributed by atoms with E-state index >= 15 is 0 Å². The third-order valence-electron chi connectivity index (χ3n) is 1.01. The first kappa shape index (κ1) is 6.95. The number of hydrogen-bond donors (Lipinski definition) is 2. The molecule has 0 fully saturated rings. The number of nitrogens with one attached hydrogen (secondary N) is 1. The molecule has 0 saturated carbocycles. The molecule has 0 aliphatic heterocycles. The monoisotopic (exact) mass is 138 g/mol. The summed E-state index contributed by atoms with van der Waals surface area (Å²) >= 11 is 0. The molecule has 0 aliphatic rings. The van der Waals surface area contributed by atoms with E-state index in [2.05, 4.69) is 15.3 Å². The van der Waals surface area contributed by atoms with Crippen molar-refractivity contribution in [2.75, 3.05) is 18.4 Å². The minimum atomic E-state index is 0.608. The molecule has 1 heterocycles. The van der Waals surface area contributed by atoms with Crippen molar-refractivity contribution in [2.45, 2.75) is 0 Å². The minimum absolute atomic E-state index is 0.608. The predicted molar refractivity (Wildman–Crippen MR) is 39.6 cm³/mol. The Morgan fingerprint density at radius 1 is 1.50 bits per heavy atom. The highest BCUT2D eigenvalue weighted by Gasteiger charge is 1.86. The van der Waals surface area contributed by atoms with Crippen molar-refractivity contribution in [3.05, 3.63) is 18.6 Å². The predicted octanol–water partition coefficient (Wildman–Crippen LogP) is -0.153. The Balaban J connectivity index is 2.43. The van der Waals surface area contributed by atoms with Crippen LogP contribution in [0.4, 0.5) is 5.82 Å². The lowest BCUT2D eigenvalue weighted by molar-refractivity contribution is 1.00. The fourth-order valence-corrected chi connectivity index (χ4v) is 0.591. The molecule has 54 valence electrons. The lowest BCUT2D eigenvalue weighted by atomic mass is 10.6. The van der Waals surface area contributed by atoms with Gasteiger partial charge in [0.25, 0.3) is 0 Å². The molecular weight excluding hydrogens is 128 g/mol. The van der Waals surface area contributed by atoms with Crippen LogP contribution in [0.25, 0.3) is 0 Å². The van der Waals surface area contributed by atoms with Crippen LogP contribution in [0.1, 0.15) is 0 Å². The van der Waals surface area contributed by atoms with E-state index in [1.54, 1.807) is 18.6 Å². The summed E-state index contributed by atoms with van der Waals surface area (Å²) in [5, 5.41) is 3.00. The Kier molecular flexibility index (Phi) is 2.63. The summed E-state index contributed by atoms with van der Waals surface area (Å²) in [6.07, 6.45) is 4.93. The van der Waals surface area contributed by atoms with Gasteiger partial charge in [0.2, 0.25) is 0 Å². The summed E-state index contributed by atoms with van der Waals surface area (Å²) in [5.74, 6) is 0.771. The van der Waals surface area contributed by atoms with Crippen LogP contribution in [-0.4, -0.2) is 23.1 Å². The molecule has 3 N–H and O–H groups in total. The second kappa shape index (κ2) is 3.79. The Labute approximate surface area is 59.5 Å². The van der Waals surface area contributed by atoms with Crippen molar-refractivity contribution in [1.82, 2.24) is 9.97 Å². The summed E-state index contributed by atoms with van der Waals surface area (Å²) < 4.78 is 0. The van der Waals surface area contributed by atoms with Gasteiger partial charge in [-0.3, -0.25) is 4.98 Å². The molecule has 0 aliphatic carbocycles. The van der Waals surface area contributed by atoms with Gasteiger partial charge in [0.05, 0.1) is 6.20 Å². The van der Waals surface area contributed by atoms with E-state index in [4.69, 9.17) is 5.73 Å². The Bertz CT molecular complexity index is 174. The second-order valence-electron chi connectivity index (χ2n) is 1.81. The van der Waals surface area contributed by atoms with Crippen LogP contribution in [-0.2, 0) is 0 Å². The maximum Gasteiger partial charge on any atom is 0.144 e. The summed E-state index contributed by atoms with van der Waals surface area (Å²) in [5.41, 5.74) is 5.27. The quantitative estimate of drug-likeness (QED) is 0.609. The zero-order chi connectivity index (χ0) is 7.23. The number of aromatic nitrogens is 2. The first-order valence-corrected chi connectivity index (χ1v) is 3.13. The van der Waals surface area contributed by atoms with Gasteiger partial charge >= 0.3 is 0 Å². The summed E-state index contributed by atoms with van der Waals surface area (Å²) in [4.78, 5) is 7.86. The van der Waals surface area contributed by atoms with E-state index in [0.29, 0.717) is 6.54 Å². The van der Waals surface area contributed by atoms with Crippen molar-refractivity contribution in [2.24, 2.45) is 5.73 Å². The third-order valence-corrected chi connectivity index (χ3v) is 1.01. The highest BCUT2D eigenvalue weighted by molar-refractivity contribution is 5.29. The van der Waals surface area contributed by atoms with Crippen LogP contribution in [0.2, 0.25) is 0 Å². The maximum atomic E-state index is 5.27. The number of hydrogen-bond acceptors (Lipinski definition) is 4. The molecule has 0 unspecified atom stereocenters. The van der Waals surface area contributed by atoms with E-state index in [-0.39, 0.29) is 0 Å². The Hall–Kier alpha value is -1.16. The van der Waals surface area contributed by atoms with E-state index in [1.807, 2.05) is 0 Å². The molecule has 1 rings (SSSR count). The van der Waals surface area contributed by atoms with Gasteiger partial charge < -0.3 is 11.1 Å². The van der Waals surface area contributed by atoms with Gasteiger partial charge in [0.15, 0.2) is 0 Å². The zero-order valence-electron chi connectivity index (χ0n) is 5.62. The standard InChI is InChI=1S/C6H10N4/c7-1-2-9-6-5-8-3-4-10-6/h3-5H,1-2,7H2,(H,9,10). The van der Waals surface area contributed by atoms with Crippen molar-refractivity contribution >= 4 is 5.82 Å². The van der Waals surface area contributed by atoms with Crippen LogP contribution in [0, 0.1) is 0 Å². The van der Waals surface area contributed by atoms with Gasteiger partial charge in [0, 0.05) is 25.5 Å². The molecule has 0 amide bonds. The molecule has 1 aromatic rings. The van der Waals surface area contributed by atoms with Gasteiger partial charge in [0.1, 0.15) is 5.82 Å². The fraction of sp³-hybridized carbons (Fsp3) is 0.333. The van der Waals surface area contributed by atoms with E-state index < -0.39 is 0 Å². The van der Waals surface area contributed by atoms with E-state index in [9.17, 15) is 0 Å². The molecule has 4 nitrogen and oxygen atoms in total. The molecule has 10 heavy (non-hydrogen) atoms. The van der Waals surface area contributed by atoms with Crippen molar-refractivity contribution in [3.8, 4) is 0 Å². The highest BCUT2D eigenvalue weighted by atomic mass is 15.0. The molecule has 4 heteroatoms. The first-order chi connectivity index (χ1) is 4.93. The molecular formula is C6H10N4. The second-order valence-corrected chi connectivity index (χ2v) is 1.81. The maximum absolute atomic E-state index is 5.27. The topological polar surface area (TPSA) is 63.8 Å². The highest BCUT2D eigenvalue weighted by Crippen LogP contribution is 1.93. The lowest BCUT2D eigenvalue weighted by Crippen LogP contribution is -2.13. The van der Waals surface area contributed by atoms with Gasteiger partial charge in [-0.15, -0.1) is 0 Å². The summed E-state index contributed by atoms with van der Waals surface area (Å²) in [7, 11) is 0. The molecule has 0 saturated heterocycles. The molecule has 1 aromatic heterocycles. The molecule has 0 radical (unpaired) electrons. The van der Waals surface area contributed by atoms with Crippen LogP contribution < -0.4 is 11.1 Å². The SMILES string of the molecule is NCCNc1cnccn1. The van der Waals surface area contributed by atoms with Crippen LogP contribution in [0.3, 0.4) is 0 Å². The Morgan fingerprint density at radius 3 is 3.00 bits per heavy atom. The fourth-order valence-electron chi connectivity index (χ4n) is 0.591. The van der Waals surface area contributed by atoms with Gasteiger partial charge in [-0.25, -0.2) is 4.98 Å². The lowest BCUT2D eigenvalue weighted by Gasteiger charge is -1.99. The van der Waals surface area contributed by atoms with Crippen LogP contribution in [0.5, 0.6) is 0 Å².